The van der Waals surface area contributed by atoms with Gasteiger partial charge >= 0.3 is 0 Å². The molecule has 2 rings (SSSR count). The first-order valence-electron chi connectivity index (χ1n) is 5.75. The van der Waals surface area contributed by atoms with Gasteiger partial charge < -0.3 is 9.88 Å². The number of nitrogens with zero attached hydrogens (tertiary/aromatic N) is 2. The van der Waals surface area contributed by atoms with Crippen LogP contribution in [0.5, 0.6) is 0 Å². The van der Waals surface area contributed by atoms with Crippen molar-refractivity contribution in [3.8, 4) is 0 Å². The Balaban J connectivity index is 1.94. The lowest BCUT2D eigenvalue weighted by Gasteiger charge is -2.17. The number of hydrogen-bond acceptors (Lipinski definition) is 2. The quantitative estimate of drug-likeness (QED) is 0.826. The van der Waals surface area contributed by atoms with Crippen molar-refractivity contribution in [3.63, 3.8) is 0 Å². The van der Waals surface area contributed by atoms with Gasteiger partial charge in [-0.3, -0.25) is 4.79 Å². The summed E-state index contributed by atoms with van der Waals surface area (Å²) in [6.45, 7) is 4.50. The minimum absolute atomic E-state index is 0.0525. The highest BCUT2D eigenvalue weighted by Crippen LogP contribution is 2.36. The molecule has 1 aliphatic rings. The van der Waals surface area contributed by atoms with E-state index in [2.05, 4.69) is 24.1 Å². The SMILES string of the molecule is Cn1cnc(C(=O)NC2CCC(C)(C)C2)c1. The predicted molar refractivity (Wildman–Crippen MR) is 62.1 cm³/mol. The minimum Gasteiger partial charge on any atom is -0.348 e. The van der Waals surface area contributed by atoms with Gasteiger partial charge in [0, 0.05) is 19.3 Å². The zero-order valence-corrected chi connectivity index (χ0v) is 10.2. The maximum Gasteiger partial charge on any atom is 0.271 e. The van der Waals surface area contributed by atoms with Gasteiger partial charge in [-0.2, -0.15) is 0 Å². The maximum atomic E-state index is 11.8. The van der Waals surface area contributed by atoms with Crippen LogP contribution in [0.2, 0.25) is 0 Å². The van der Waals surface area contributed by atoms with Crippen molar-refractivity contribution in [3.05, 3.63) is 18.2 Å². The predicted octanol–water partition coefficient (Wildman–Crippen LogP) is 1.73. The first-order valence-corrected chi connectivity index (χ1v) is 5.75. The number of carbonyl (C=O) groups excluding carboxylic acids is 1. The van der Waals surface area contributed by atoms with E-state index in [0.29, 0.717) is 17.2 Å². The van der Waals surface area contributed by atoms with Gasteiger partial charge in [-0.1, -0.05) is 13.8 Å². The number of amides is 1. The van der Waals surface area contributed by atoms with E-state index in [1.165, 1.54) is 6.42 Å². The molecular weight excluding hydrogens is 202 g/mol. The molecule has 0 radical (unpaired) electrons. The van der Waals surface area contributed by atoms with Crippen LogP contribution in [-0.2, 0) is 7.05 Å². The van der Waals surface area contributed by atoms with E-state index in [-0.39, 0.29) is 5.91 Å². The first-order chi connectivity index (χ1) is 7.46. The summed E-state index contributed by atoms with van der Waals surface area (Å²) in [7, 11) is 1.86. The average molecular weight is 221 g/mol. The van der Waals surface area contributed by atoms with E-state index >= 15 is 0 Å². The van der Waals surface area contributed by atoms with Crippen LogP contribution in [0.15, 0.2) is 12.5 Å². The molecule has 0 saturated heterocycles. The second-order valence-electron chi connectivity index (χ2n) is 5.50. The van der Waals surface area contributed by atoms with Crippen LogP contribution in [0.1, 0.15) is 43.6 Å². The standard InChI is InChI=1S/C12H19N3O/c1-12(2)5-4-9(6-12)14-11(16)10-7-15(3)8-13-10/h7-9H,4-6H2,1-3H3,(H,14,16). The fraction of sp³-hybridized carbons (Fsp3) is 0.667. The molecule has 16 heavy (non-hydrogen) atoms. The lowest BCUT2D eigenvalue weighted by atomic mass is 9.92. The maximum absolute atomic E-state index is 11.8. The molecule has 88 valence electrons. The van der Waals surface area contributed by atoms with Gasteiger partial charge in [0.15, 0.2) is 0 Å². The van der Waals surface area contributed by atoms with Gasteiger partial charge in [-0.25, -0.2) is 4.98 Å². The van der Waals surface area contributed by atoms with Crippen molar-refractivity contribution >= 4 is 5.91 Å². The van der Waals surface area contributed by atoms with Crippen molar-refractivity contribution in [2.75, 3.05) is 0 Å². The molecule has 0 bridgehead atoms. The van der Waals surface area contributed by atoms with E-state index < -0.39 is 0 Å². The van der Waals surface area contributed by atoms with Crippen LogP contribution in [0.4, 0.5) is 0 Å². The number of carbonyl (C=O) groups is 1. The molecule has 1 N–H and O–H groups in total. The van der Waals surface area contributed by atoms with Crippen LogP contribution >= 0.6 is 0 Å². The largest absolute Gasteiger partial charge is 0.348 e. The summed E-state index contributed by atoms with van der Waals surface area (Å²) in [5.41, 5.74) is 0.870. The Labute approximate surface area is 96.1 Å². The molecule has 1 heterocycles. The third-order valence-corrected chi connectivity index (χ3v) is 3.24. The monoisotopic (exact) mass is 221 g/mol. The van der Waals surface area contributed by atoms with E-state index in [0.717, 1.165) is 12.8 Å². The zero-order valence-electron chi connectivity index (χ0n) is 10.2. The summed E-state index contributed by atoms with van der Waals surface area (Å²) >= 11 is 0. The van der Waals surface area contributed by atoms with Crippen molar-refractivity contribution in [2.45, 2.75) is 39.2 Å². The molecular formula is C12H19N3O. The molecule has 1 amide bonds. The van der Waals surface area contributed by atoms with Gasteiger partial charge in [0.25, 0.3) is 5.91 Å². The molecule has 1 aromatic rings. The summed E-state index contributed by atoms with van der Waals surface area (Å²) in [6.07, 6.45) is 6.71. The van der Waals surface area contributed by atoms with E-state index in [1.54, 1.807) is 17.1 Å². The van der Waals surface area contributed by atoms with Crippen molar-refractivity contribution in [1.82, 2.24) is 14.9 Å². The Morgan fingerprint density at radius 3 is 2.88 bits per heavy atom. The normalized spacial score (nSPS) is 23.3. The van der Waals surface area contributed by atoms with Gasteiger partial charge in [0.2, 0.25) is 0 Å². The van der Waals surface area contributed by atoms with Crippen molar-refractivity contribution < 1.29 is 4.79 Å². The van der Waals surface area contributed by atoms with Crippen LogP contribution in [-0.4, -0.2) is 21.5 Å². The fourth-order valence-electron chi connectivity index (χ4n) is 2.35. The number of aromatic nitrogens is 2. The molecule has 1 aromatic heterocycles. The molecule has 4 heteroatoms. The summed E-state index contributed by atoms with van der Waals surface area (Å²) in [4.78, 5) is 15.9. The van der Waals surface area contributed by atoms with Gasteiger partial charge in [0.05, 0.1) is 6.33 Å². The summed E-state index contributed by atoms with van der Waals surface area (Å²) < 4.78 is 1.79. The molecule has 1 atom stereocenters. The van der Waals surface area contributed by atoms with Crippen molar-refractivity contribution in [1.29, 1.82) is 0 Å². The van der Waals surface area contributed by atoms with Crippen LogP contribution in [0, 0.1) is 5.41 Å². The number of nitrogens with one attached hydrogen (secondary N) is 1. The average Bonchev–Trinajstić information content (AvgIpc) is 2.73. The van der Waals surface area contributed by atoms with Crippen LogP contribution in [0.3, 0.4) is 0 Å². The van der Waals surface area contributed by atoms with Crippen molar-refractivity contribution in [2.24, 2.45) is 12.5 Å². The van der Waals surface area contributed by atoms with E-state index in [9.17, 15) is 4.79 Å². The molecule has 1 saturated carbocycles. The Morgan fingerprint density at radius 1 is 1.62 bits per heavy atom. The minimum atomic E-state index is -0.0525. The third kappa shape index (κ3) is 2.43. The topological polar surface area (TPSA) is 46.9 Å². The fourth-order valence-corrected chi connectivity index (χ4v) is 2.35. The van der Waals surface area contributed by atoms with Gasteiger partial charge in [-0.15, -0.1) is 0 Å². The second kappa shape index (κ2) is 3.92. The lowest BCUT2D eigenvalue weighted by molar-refractivity contribution is 0.0931. The molecule has 1 aliphatic carbocycles. The molecule has 0 spiro atoms. The molecule has 1 fully saturated rings. The second-order valence-corrected chi connectivity index (χ2v) is 5.50. The van der Waals surface area contributed by atoms with Crippen LogP contribution in [0.25, 0.3) is 0 Å². The highest BCUT2D eigenvalue weighted by molar-refractivity contribution is 5.92. The highest BCUT2D eigenvalue weighted by Gasteiger charge is 2.31. The van der Waals surface area contributed by atoms with E-state index in [4.69, 9.17) is 0 Å². The van der Waals surface area contributed by atoms with Gasteiger partial charge in [-0.05, 0) is 24.7 Å². The Morgan fingerprint density at radius 2 is 2.38 bits per heavy atom. The smallest absolute Gasteiger partial charge is 0.271 e. The number of rotatable bonds is 2. The first kappa shape index (κ1) is 11.2. The third-order valence-electron chi connectivity index (χ3n) is 3.24. The van der Waals surface area contributed by atoms with Crippen LogP contribution < -0.4 is 5.32 Å². The Hall–Kier alpha value is -1.32. The Bertz CT molecular complexity index is 395. The molecule has 0 aliphatic heterocycles. The number of aryl methyl sites for hydroxylation is 1. The highest BCUT2D eigenvalue weighted by atomic mass is 16.2. The molecule has 0 aromatic carbocycles. The summed E-state index contributed by atoms with van der Waals surface area (Å²) in [5.74, 6) is -0.0525. The number of hydrogen-bond donors (Lipinski definition) is 1. The molecule has 4 nitrogen and oxygen atoms in total. The lowest BCUT2D eigenvalue weighted by Crippen LogP contribution is -2.33. The number of imidazole rings is 1. The van der Waals surface area contributed by atoms with Gasteiger partial charge in [0.1, 0.15) is 5.69 Å². The zero-order chi connectivity index (χ0) is 11.8. The molecule has 1 unspecified atom stereocenters. The summed E-state index contributed by atoms with van der Waals surface area (Å²) in [6, 6.07) is 0.310. The summed E-state index contributed by atoms with van der Waals surface area (Å²) in [5, 5.41) is 3.05. The Kier molecular flexibility index (Phi) is 2.74. The van der Waals surface area contributed by atoms with E-state index in [1.807, 2.05) is 7.05 Å².